The van der Waals surface area contributed by atoms with E-state index in [-0.39, 0.29) is 0 Å². The smallest absolute Gasteiger partial charge is 0.367 e. The molecule has 2 heterocycles. The zero-order valence-corrected chi connectivity index (χ0v) is 13.2. The van der Waals surface area contributed by atoms with Crippen molar-refractivity contribution < 1.29 is 13.2 Å². The van der Waals surface area contributed by atoms with Crippen molar-refractivity contribution in [2.75, 3.05) is 11.4 Å². The van der Waals surface area contributed by atoms with Gasteiger partial charge < -0.3 is 9.88 Å². The van der Waals surface area contributed by atoms with E-state index in [1.807, 2.05) is 0 Å². The molecule has 0 bridgehead atoms. The van der Waals surface area contributed by atoms with E-state index in [4.69, 9.17) is 0 Å². The summed E-state index contributed by atoms with van der Waals surface area (Å²) in [5.41, 5.74) is 5.04. The fraction of sp³-hybridized carbons (Fsp3) is 0.263. The average molecular weight is 330 g/mol. The van der Waals surface area contributed by atoms with Crippen molar-refractivity contribution >= 4 is 16.6 Å². The molecule has 0 amide bonds. The molecular formula is C19H17F3N2. The molecule has 5 heteroatoms. The molecular weight excluding hydrogens is 313 g/mol. The van der Waals surface area contributed by atoms with Crippen LogP contribution < -0.4 is 4.90 Å². The van der Waals surface area contributed by atoms with Crippen LogP contribution in [0.5, 0.6) is 0 Å². The Labute approximate surface area is 137 Å². The number of aromatic nitrogens is 1. The van der Waals surface area contributed by atoms with Crippen LogP contribution >= 0.6 is 0 Å². The number of fused-ring (bicyclic) bond motifs is 3. The lowest BCUT2D eigenvalue weighted by molar-refractivity contribution is -0.137. The van der Waals surface area contributed by atoms with E-state index in [0.29, 0.717) is 6.54 Å². The van der Waals surface area contributed by atoms with E-state index in [1.165, 1.54) is 22.2 Å². The molecule has 1 N–H and O–H groups in total. The third-order valence-corrected chi connectivity index (χ3v) is 4.69. The zero-order valence-electron chi connectivity index (χ0n) is 13.2. The number of alkyl halides is 3. The second-order valence-electron chi connectivity index (χ2n) is 6.35. The molecule has 0 fully saturated rings. The Kier molecular flexibility index (Phi) is 3.34. The number of rotatable bonds is 1. The molecule has 0 atom stereocenters. The first kappa shape index (κ1) is 15.1. The highest BCUT2D eigenvalue weighted by Gasteiger charge is 2.30. The van der Waals surface area contributed by atoms with Crippen LogP contribution in [0, 0.1) is 6.92 Å². The fourth-order valence-corrected chi connectivity index (χ4v) is 3.41. The van der Waals surface area contributed by atoms with Gasteiger partial charge in [-0.3, -0.25) is 0 Å². The topological polar surface area (TPSA) is 19.0 Å². The van der Waals surface area contributed by atoms with Crippen LogP contribution in [-0.4, -0.2) is 11.5 Å². The second-order valence-corrected chi connectivity index (χ2v) is 6.35. The van der Waals surface area contributed by atoms with Gasteiger partial charge in [0, 0.05) is 47.4 Å². The van der Waals surface area contributed by atoms with Crippen LogP contribution in [0.4, 0.5) is 18.9 Å². The van der Waals surface area contributed by atoms with Gasteiger partial charge in [-0.05, 0) is 43.3 Å². The second kappa shape index (κ2) is 5.30. The summed E-state index contributed by atoms with van der Waals surface area (Å²) in [6.07, 6.45) is -3.42. The van der Waals surface area contributed by atoms with E-state index in [0.717, 1.165) is 36.3 Å². The van der Waals surface area contributed by atoms with Crippen LogP contribution in [0.3, 0.4) is 0 Å². The van der Waals surface area contributed by atoms with Crippen molar-refractivity contribution in [3.05, 3.63) is 64.8 Å². The maximum absolute atomic E-state index is 12.7. The summed E-state index contributed by atoms with van der Waals surface area (Å²) >= 11 is 0. The van der Waals surface area contributed by atoms with Crippen molar-refractivity contribution in [2.24, 2.45) is 0 Å². The maximum atomic E-state index is 12.7. The highest BCUT2D eigenvalue weighted by Crippen LogP contribution is 2.33. The van der Waals surface area contributed by atoms with Crippen LogP contribution in [-0.2, 0) is 19.1 Å². The molecule has 3 aromatic rings. The summed E-state index contributed by atoms with van der Waals surface area (Å²) in [4.78, 5) is 5.61. The number of aryl methyl sites for hydroxylation is 1. The van der Waals surface area contributed by atoms with Crippen molar-refractivity contribution in [2.45, 2.75) is 26.1 Å². The first-order valence-electron chi connectivity index (χ1n) is 7.94. The van der Waals surface area contributed by atoms with Gasteiger partial charge >= 0.3 is 6.18 Å². The predicted octanol–water partition coefficient (Wildman–Crippen LogP) is 5.06. The van der Waals surface area contributed by atoms with Gasteiger partial charge in [0.05, 0.1) is 5.56 Å². The van der Waals surface area contributed by atoms with Gasteiger partial charge in [-0.1, -0.05) is 11.6 Å². The minimum Gasteiger partial charge on any atom is -0.367 e. The lowest BCUT2D eigenvalue weighted by Gasteiger charge is -2.29. The number of H-pyrrole nitrogens is 1. The number of halogens is 3. The minimum absolute atomic E-state index is 0.605. The SMILES string of the molecule is Cc1ccc2[nH]c3c(c2c1)CN(c1ccc(C(F)(F)F)cc1)CC3. The molecule has 0 aliphatic carbocycles. The highest BCUT2D eigenvalue weighted by atomic mass is 19.4. The van der Waals surface area contributed by atoms with Crippen molar-refractivity contribution in [3.8, 4) is 0 Å². The molecule has 124 valence electrons. The van der Waals surface area contributed by atoms with Gasteiger partial charge in [-0.2, -0.15) is 13.2 Å². The van der Waals surface area contributed by atoms with Crippen LogP contribution in [0.25, 0.3) is 10.9 Å². The molecule has 1 aliphatic heterocycles. The van der Waals surface area contributed by atoms with E-state index >= 15 is 0 Å². The van der Waals surface area contributed by atoms with Crippen LogP contribution in [0.15, 0.2) is 42.5 Å². The third-order valence-electron chi connectivity index (χ3n) is 4.69. The van der Waals surface area contributed by atoms with Gasteiger partial charge in [-0.15, -0.1) is 0 Å². The summed E-state index contributed by atoms with van der Waals surface area (Å²) in [5, 5.41) is 1.21. The molecule has 0 spiro atoms. The first-order chi connectivity index (χ1) is 11.4. The summed E-state index contributed by atoms with van der Waals surface area (Å²) in [6, 6.07) is 11.8. The summed E-state index contributed by atoms with van der Waals surface area (Å²) in [7, 11) is 0. The molecule has 0 saturated carbocycles. The van der Waals surface area contributed by atoms with Gasteiger partial charge in [-0.25, -0.2) is 0 Å². The highest BCUT2D eigenvalue weighted by molar-refractivity contribution is 5.86. The minimum atomic E-state index is -4.29. The average Bonchev–Trinajstić information content (AvgIpc) is 2.91. The Bertz CT molecular complexity index is 891. The number of hydrogen-bond donors (Lipinski definition) is 1. The molecule has 0 radical (unpaired) electrons. The van der Waals surface area contributed by atoms with E-state index in [1.54, 1.807) is 12.1 Å². The van der Waals surface area contributed by atoms with Gasteiger partial charge in [0.25, 0.3) is 0 Å². The fourth-order valence-electron chi connectivity index (χ4n) is 3.41. The number of nitrogens with one attached hydrogen (secondary N) is 1. The lowest BCUT2D eigenvalue weighted by atomic mass is 10.0. The number of aromatic amines is 1. The van der Waals surface area contributed by atoms with Gasteiger partial charge in [0.15, 0.2) is 0 Å². The molecule has 0 saturated heterocycles. The number of hydrogen-bond acceptors (Lipinski definition) is 1. The predicted molar refractivity (Wildman–Crippen MR) is 89.2 cm³/mol. The summed E-state index contributed by atoms with van der Waals surface area (Å²) < 4.78 is 38.1. The molecule has 4 rings (SSSR count). The van der Waals surface area contributed by atoms with E-state index in [2.05, 4.69) is 35.0 Å². The normalized spacial score (nSPS) is 14.9. The van der Waals surface area contributed by atoms with Crippen molar-refractivity contribution in [3.63, 3.8) is 0 Å². The Morgan fingerprint density at radius 2 is 1.79 bits per heavy atom. The molecule has 1 aromatic heterocycles. The molecule has 0 unspecified atom stereocenters. The maximum Gasteiger partial charge on any atom is 0.416 e. The van der Waals surface area contributed by atoms with E-state index in [9.17, 15) is 13.2 Å². The lowest BCUT2D eigenvalue weighted by Crippen LogP contribution is -2.30. The van der Waals surface area contributed by atoms with Crippen molar-refractivity contribution in [1.82, 2.24) is 4.98 Å². The largest absolute Gasteiger partial charge is 0.416 e. The number of benzene rings is 2. The number of anilines is 1. The molecule has 1 aliphatic rings. The molecule has 24 heavy (non-hydrogen) atoms. The Morgan fingerprint density at radius 1 is 1.04 bits per heavy atom. The zero-order chi connectivity index (χ0) is 16.9. The monoisotopic (exact) mass is 330 g/mol. The summed E-state index contributed by atoms with van der Waals surface area (Å²) in [5.74, 6) is 0. The Morgan fingerprint density at radius 3 is 2.50 bits per heavy atom. The van der Waals surface area contributed by atoms with Gasteiger partial charge in [0.2, 0.25) is 0 Å². The van der Waals surface area contributed by atoms with Crippen molar-refractivity contribution in [1.29, 1.82) is 0 Å². The Hall–Kier alpha value is -2.43. The molecule has 2 aromatic carbocycles. The standard InChI is InChI=1S/C19H17F3N2/c1-12-2-7-17-15(10-12)16-11-24(9-8-18(16)23-17)14-5-3-13(4-6-14)19(20,21)22/h2-7,10,23H,8-9,11H2,1H3. The van der Waals surface area contributed by atoms with Crippen LogP contribution in [0.2, 0.25) is 0 Å². The quantitative estimate of drug-likeness (QED) is 0.661. The van der Waals surface area contributed by atoms with Crippen LogP contribution in [0.1, 0.15) is 22.4 Å². The Balaban J connectivity index is 1.66. The molecule has 2 nitrogen and oxygen atoms in total. The first-order valence-corrected chi connectivity index (χ1v) is 7.94. The van der Waals surface area contributed by atoms with E-state index < -0.39 is 11.7 Å². The number of nitrogens with zero attached hydrogens (tertiary/aromatic N) is 1. The third kappa shape index (κ3) is 2.54. The summed E-state index contributed by atoms with van der Waals surface area (Å²) in [6.45, 7) is 3.57. The van der Waals surface area contributed by atoms with Gasteiger partial charge in [0.1, 0.15) is 0 Å².